The molecule has 23 heavy (non-hydrogen) atoms. The van der Waals surface area contributed by atoms with Gasteiger partial charge >= 0.3 is 6.03 Å². The topological polar surface area (TPSA) is 44.4 Å². The Kier molecular flexibility index (Phi) is 5.46. The summed E-state index contributed by atoms with van der Waals surface area (Å²) in [6.45, 7) is 4.86. The van der Waals surface area contributed by atoms with E-state index in [2.05, 4.69) is 28.5 Å². The number of amides is 2. The maximum Gasteiger partial charge on any atom is 0.319 e. The SMILES string of the molecule is Cc1cc(NC(=O)NCc2cccs2)ccc1N1CCSCC1. The summed E-state index contributed by atoms with van der Waals surface area (Å²) in [5.41, 5.74) is 3.31. The summed E-state index contributed by atoms with van der Waals surface area (Å²) in [6.07, 6.45) is 0. The first-order chi connectivity index (χ1) is 11.2. The molecule has 2 amide bonds. The van der Waals surface area contributed by atoms with Gasteiger partial charge in [0.2, 0.25) is 0 Å². The lowest BCUT2D eigenvalue weighted by Crippen LogP contribution is -2.33. The molecule has 1 aliphatic rings. The summed E-state index contributed by atoms with van der Waals surface area (Å²) >= 11 is 3.65. The number of thiophene rings is 1. The largest absolute Gasteiger partial charge is 0.370 e. The summed E-state index contributed by atoms with van der Waals surface area (Å²) < 4.78 is 0. The van der Waals surface area contributed by atoms with Gasteiger partial charge in [0.25, 0.3) is 0 Å². The molecule has 2 heterocycles. The molecule has 0 unspecified atom stereocenters. The van der Waals surface area contributed by atoms with Crippen LogP contribution in [0.3, 0.4) is 0 Å². The lowest BCUT2D eigenvalue weighted by atomic mass is 10.1. The van der Waals surface area contributed by atoms with Crippen LogP contribution < -0.4 is 15.5 Å². The van der Waals surface area contributed by atoms with Gasteiger partial charge in [-0.2, -0.15) is 11.8 Å². The van der Waals surface area contributed by atoms with Gasteiger partial charge in [0.05, 0.1) is 6.54 Å². The van der Waals surface area contributed by atoms with Crippen molar-refractivity contribution < 1.29 is 4.79 Å². The zero-order chi connectivity index (χ0) is 16.1. The first kappa shape index (κ1) is 16.2. The summed E-state index contributed by atoms with van der Waals surface area (Å²) in [7, 11) is 0. The van der Waals surface area contributed by atoms with Gasteiger partial charge in [-0.05, 0) is 42.1 Å². The van der Waals surface area contributed by atoms with Crippen LogP contribution in [0, 0.1) is 6.92 Å². The van der Waals surface area contributed by atoms with Gasteiger partial charge in [-0.3, -0.25) is 0 Å². The number of hydrogen-bond acceptors (Lipinski definition) is 4. The van der Waals surface area contributed by atoms with E-state index in [1.54, 1.807) is 11.3 Å². The van der Waals surface area contributed by atoms with Gasteiger partial charge in [-0.1, -0.05) is 6.07 Å². The standard InChI is InChI=1S/C17H21N3OS2/c1-13-11-14(4-5-16(13)20-6-9-22-10-7-20)19-17(21)18-12-15-3-2-8-23-15/h2-5,8,11H,6-7,9-10,12H2,1H3,(H2,18,19,21). The summed E-state index contributed by atoms with van der Waals surface area (Å²) in [5.74, 6) is 2.37. The minimum absolute atomic E-state index is 0.167. The van der Waals surface area contributed by atoms with E-state index < -0.39 is 0 Å². The highest BCUT2D eigenvalue weighted by atomic mass is 32.2. The summed E-state index contributed by atoms with van der Waals surface area (Å²) in [6, 6.07) is 9.97. The number of carbonyl (C=O) groups is 1. The number of carbonyl (C=O) groups excluding carboxylic acids is 1. The number of thioether (sulfide) groups is 1. The third-order valence-electron chi connectivity index (χ3n) is 3.81. The second-order valence-electron chi connectivity index (χ2n) is 5.49. The quantitative estimate of drug-likeness (QED) is 0.881. The number of nitrogens with one attached hydrogen (secondary N) is 2. The molecule has 2 aromatic rings. The number of aryl methyl sites for hydroxylation is 1. The second kappa shape index (κ2) is 7.75. The highest BCUT2D eigenvalue weighted by molar-refractivity contribution is 7.99. The van der Waals surface area contributed by atoms with Crippen LogP contribution in [0.5, 0.6) is 0 Å². The van der Waals surface area contributed by atoms with E-state index in [0.717, 1.165) is 23.7 Å². The van der Waals surface area contributed by atoms with E-state index in [1.165, 1.54) is 22.8 Å². The minimum atomic E-state index is -0.167. The molecule has 1 aromatic carbocycles. The smallest absolute Gasteiger partial charge is 0.319 e. The van der Waals surface area contributed by atoms with E-state index in [9.17, 15) is 4.79 Å². The van der Waals surface area contributed by atoms with Crippen molar-refractivity contribution in [2.45, 2.75) is 13.5 Å². The van der Waals surface area contributed by atoms with Crippen LogP contribution in [0.15, 0.2) is 35.7 Å². The van der Waals surface area contributed by atoms with E-state index in [4.69, 9.17) is 0 Å². The molecule has 0 spiro atoms. The average Bonchev–Trinajstić information content (AvgIpc) is 3.07. The number of benzene rings is 1. The number of nitrogens with zero attached hydrogens (tertiary/aromatic N) is 1. The van der Waals surface area contributed by atoms with Gasteiger partial charge < -0.3 is 15.5 Å². The Hall–Kier alpha value is -1.66. The molecular formula is C17H21N3OS2. The molecule has 3 rings (SSSR count). The maximum atomic E-state index is 12.0. The molecule has 1 aliphatic heterocycles. The molecule has 0 atom stereocenters. The fourth-order valence-corrected chi connectivity index (χ4v) is 4.20. The van der Waals surface area contributed by atoms with Crippen LogP contribution in [-0.4, -0.2) is 30.6 Å². The van der Waals surface area contributed by atoms with Gasteiger partial charge in [-0.15, -0.1) is 11.3 Å². The first-order valence-electron chi connectivity index (χ1n) is 7.73. The molecule has 2 N–H and O–H groups in total. The van der Waals surface area contributed by atoms with E-state index in [-0.39, 0.29) is 6.03 Å². The van der Waals surface area contributed by atoms with Crippen molar-refractivity contribution in [3.05, 3.63) is 46.2 Å². The van der Waals surface area contributed by atoms with Gasteiger partial charge in [-0.25, -0.2) is 4.79 Å². The second-order valence-corrected chi connectivity index (χ2v) is 7.74. The minimum Gasteiger partial charge on any atom is -0.370 e. The van der Waals surface area contributed by atoms with Crippen LogP contribution in [0.1, 0.15) is 10.4 Å². The van der Waals surface area contributed by atoms with Crippen LogP contribution in [-0.2, 0) is 6.54 Å². The number of anilines is 2. The van der Waals surface area contributed by atoms with E-state index in [1.807, 2.05) is 41.4 Å². The Morgan fingerprint density at radius 2 is 2.09 bits per heavy atom. The molecule has 122 valence electrons. The third-order valence-corrected chi connectivity index (χ3v) is 5.63. The molecule has 0 radical (unpaired) electrons. The molecule has 1 aromatic heterocycles. The Balaban J connectivity index is 1.57. The predicted molar refractivity (Wildman–Crippen MR) is 101 cm³/mol. The van der Waals surface area contributed by atoms with Crippen molar-refractivity contribution in [1.29, 1.82) is 0 Å². The number of urea groups is 1. The van der Waals surface area contributed by atoms with Crippen LogP contribution in [0.25, 0.3) is 0 Å². The normalized spacial score (nSPS) is 14.6. The first-order valence-corrected chi connectivity index (χ1v) is 9.76. The lowest BCUT2D eigenvalue weighted by molar-refractivity contribution is 0.252. The molecule has 0 aliphatic carbocycles. The lowest BCUT2D eigenvalue weighted by Gasteiger charge is -2.30. The average molecular weight is 348 g/mol. The van der Waals surface area contributed by atoms with E-state index in [0.29, 0.717) is 6.54 Å². The molecule has 1 saturated heterocycles. The van der Waals surface area contributed by atoms with Crippen molar-refractivity contribution in [2.24, 2.45) is 0 Å². The zero-order valence-corrected chi connectivity index (χ0v) is 14.8. The third kappa shape index (κ3) is 4.42. The Bertz CT molecular complexity index is 652. The highest BCUT2D eigenvalue weighted by Crippen LogP contribution is 2.26. The maximum absolute atomic E-state index is 12.0. The monoisotopic (exact) mass is 347 g/mol. The highest BCUT2D eigenvalue weighted by Gasteiger charge is 2.13. The molecule has 1 fully saturated rings. The Morgan fingerprint density at radius 1 is 1.26 bits per heavy atom. The summed E-state index contributed by atoms with van der Waals surface area (Å²) in [4.78, 5) is 15.5. The van der Waals surface area contributed by atoms with Gasteiger partial charge in [0.1, 0.15) is 0 Å². The van der Waals surface area contributed by atoms with Gasteiger partial charge in [0, 0.05) is 40.8 Å². The van der Waals surface area contributed by atoms with Crippen LogP contribution in [0.4, 0.5) is 16.2 Å². The molecule has 0 bridgehead atoms. The number of rotatable bonds is 4. The van der Waals surface area contributed by atoms with Crippen molar-refractivity contribution in [3.63, 3.8) is 0 Å². The Labute approximate surface area is 145 Å². The zero-order valence-electron chi connectivity index (χ0n) is 13.2. The predicted octanol–water partition coefficient (Wildman–Crippen LogP) is 3.93. The Morgan fingerprint density at radius 3 is 2.78 bits per heavy atom. The summed E-state index contributed by atoms with van der Waals surface area (Å²) in [5, 5.41) is 7.80. The number of hydrogen-bond donors (Lipinski definition) is 2. The molecule has 0 saturated carbocycles. The van der Waals surface area contributed by atoms with Crippen LogP contribution >= 0.6 is 23.1 Å². The van der Waals surface area contributed by atoms with Crippen LogP contribution in [0.2, 0.25) is 0 Å². The van der Waals surface area contributed by atoms with Gasteiger partial charge in [0.15, 0.2) is 0 Å². The van der Waals surface area contributed by atoms with Crippen molar-refractivity contribution in [1.82, 2.24) is 5.32 Å². The molecular weight excluding hydrogens is 326 g/mol. The fraction of sp³-hybridized carbons (Fsp3) is 0.353. The molecule has 4 nitrogen and oxygen atoms in total. The van der Waals surface area contributed by atoms with Crippen molar-refractivity contribution in [2.75, 3.05) is 34.8 Å². The van der Waals surface area contributed by atoms with E-state index >= 15 is 0 Å². The van der Waals surface area contributed by atoms with Crippen molar-refractivity contribution in [3.8, 4) is 0 Å². The fourth-order valence-electron chi connectivity index (χ4n) is 2.65. The van der Waals surface area contributed by atoms with Crippen molar-refractivity contribution >= 4 is 40.5 Å². The molecule has 6 heteroatoms.